The highest BCUT2D eigenvalue weighted by Gasteiger charge is 2.27. The number of aromatic nitrogens is 2. The third-order valence-corrected chi connectivity index (χ3v) is 3.84. The molecule has 0 fully saturated rings. The van der Waals surface area contributed by atoms with Crippen LogP contribution in [-0.4, -0.2) is 27.5 Å². The lowest BCUT2D eigenvalue weighted by molar-refractivity contribution is 0.290. The number of hydrogen-bond acceptors (Lipinski definition) is 4. The molecule has 0 amide bonds. The Morgan fingerprint density at radius 3 is 2.81 bits per heavy atom. The summed E-state index contributed by atoms with van der Waals surface area (Å²) in [6.07, 6.45) is 2.84. The van der Waals surface area contributed by atoms with Crippen molar-refractivity contribution >= 4 is 5.71 Å². The normalized spacial score (nSPS) is 17.7. The minimum absolute atomic E-state index is 0.174. The van der Waals surface area contributed by atoms with Crippen LogP contribution < -0.4 is 0 Å². The Hall–Kier alpha value is -2.61. The Morgan fingerprint density at radius 2 is 2.14 bits per heavy atom. The topological polar surface area (TPSA) is 57.2 Å². The van der Waals surface area contributed by atoms with Crippen LogP contribution in [0.4, 0.5) is 0 Å². The molecule has 0 aliphatic carbocycles. The fourth-order valence-electron chi connectivity index (χ4n) is 2.81. The van der Waals surface area contributed by atoms with Crippen LogP contribution in [0, 0.1) is 18.3 Å². The summed E-state index contributed by atoms with van der Waals surface area (Å²) < 4.78 is 1.82. The van der Waals surface area contributed by atoms with E-state index in [1.807, 2.05) is 55.1 Å². The fraction of sp³-hybridized carbons (Fsp3) is 0.312. The number of benzene rings is 1. The van der Waals surface area contributed by atoms with Crippen LogP contribution in [0.25, 0.3) is 0 Å². The molecule has 0 saturated carbocycles. The summed E-state index contributed by atoms with van der Waals surface area (Å²) >= 11 is 0. The van der Waals surface area contributed by atoms with Gasteiger partial charge in [0.15, 0.2) is 0 Å². The molecule has 5 nitrogen and oxygen atoms in total. The lowest BCUT2D eigenvalue weighted by Gasteiger charge is -2.19. The van der Waals surface area contributed by atoms with Crippen LogP contribution in [0.5, 0.6) is 0 Å². The van der Waals surface area contributed by atoms with Gasteiger partial charge in [-0.15, -0.1) is 0 Å². The Balaban J connectivity index is 1.89. The van der Waals surface area contributed by atoms with Gasteiger partial charge in [0.05, 0.1) is 29.1 Å². The van der Waals surface area contributed by atoms with Gasteiger partial charge in [0.25, 0.3) is 0 Å². The van der Waals surface area contributed by atoms with Crippen LogP contribution in [-0.2, 0) is 7.05 Å². The van der Waals surface area contributed by atoms with E-state index in [1.54, 1.807) is 0 Å². The summed E-state index contributed by atoms with van der Waals surface area (Å²) in [6.45, 7) is 2.00. The SMILES string of the molecule is Cc1nn(C)cc1C1=NN(C)[C@H](c2cccc(C#N)c2)C1. The van der Waals surface area contributed by atoms with Crippen molar-refractivity contribution in [2.45, 2.75) is 19.4 Å². The van der Waals surface area contributed by atoms with Crippen LogP contribution in [0.1, 0.15) is 34.8 Å². The number of nitriles is 1. The van der Waals surface area contributed by atoms with Gasteiger partial charge in [0.2, 0.25) is 0 Å². The van der Waals surface area contributed by atoms with E-state index < -0.39 is 0 Å². The molecule has 1 aromatic carbocycles. The molecule has 0 bridgehead atoms. The third-order valence-electron chi connectivity index (χ3n) is 3.84. The van der Waals surface area contributed by atoms with Crippen molar-refractivity contribution in [3.8, 4) is 6.07 Å². The molecule has 0 radical (unpaired) electrons. The lowest BCUT2D eigenvalue weighted by atomic mass is 9.98. The minimum atomic E-state index is 0.174. The highest BCUT2D eigenvalue weighted by Crippen LogP contribution is 2.32. The van der Waals surface area contributed by atoms with Crippen LogP contribution in [0.2, 0.25) is 0 Å². The van der Waals surface area contributed by atoms with E-state index in [4.69, 9.17) is 5.26 Å². The first-order chi connectivity index (χ1) is 10.1. The van der Waals surface area contributed by atoms with Crippen molar-refractivity contribution in [2.24, 2.45) is 12.1 Å². The van der Waals surface area contributed by atoms with Gasteiger partial charge in [0, 0.05) is 32.3 Å². The maximum Gasteiger partial charge on any atom is 0.0991 e. The van der Waals surface area contributed by atoms with E-state index in [1.165, 1.54) is 0 Å². The molecule has 0 unspecified atom stereocenters. The first-order valence-electron chi connectivity index (χ1n) is 6.89. The molecule has 0 spiro atoms. The van der Waals surface area contributed by atoms with E-state index in [2.05, 4.69) is 22.3 Å². The van der Waals surface area contributed by atoms with Crippen molar-refractivity contribution in [2.75, 3.05) is 7.05 Å². The zero-order valence-corrected chi connectivity index (χ0v) is 12.4. The average molecular weight is 279 g/mol. The first kappa shape index (κ1) is 13.4. The van der Waals surface area contributed by atoms with E-state index >= 15 is 0 Å². The van der Waals surface area contributed by atoms with Crippen molar-refractivity contribution in [3.05, 3.63) is 52.8 Å². The fourth-order valence-corrected chi connectivity index (χ4v) is 2.81. The van der Waals surface area contributed by atoms with Gasteiger partial charge in [0.1, 0.15) is 0 Å². The maximum absolute atomic E-state index is 9.04. The quantitative estimate of drug-likeness (QED) is 0.848. The average Bonchev–Trinajstić information content (AvgIpc) is 3.01. The number of nitrogens with zero attached hydrogens (tertiary/aromatic N) is 5. The Kier molecular flexibility index (Phi) is 3.22. The first-order valence-corrected chi connectivity index (χ1v) is 6.89. The van der Waals surface area contributed by atoms with Gasteiger partial charge in [-0.05, 0) is 24.6 Å². The predicted molar refractivity (Wildman–Crippen MR) is 80.8 cm³/mol. The second-order valence-corrected chi connectivity index (χ2v) is 5.38. The van der Waals surface area contributed by atoms with E-state index in [-0.39, 0.29) is 6.04 Å². The largest absolute Gasteiger partial charge is 0.292 e. The molecule has 0 saturated heterocycles. The molecule has 3 rings (SSSR count). The molecule has 1 atom stereocenters. The monoisotopic (exact) mass is 279 g/mol. The highest BCUT2D eigenvalue weighted by atomic mass is 15.5. The number of hydrogen-bond donors (Lipinski definition) is 0. The second-order valence-electron chi connectivity index (χ2n) is 5.38. The predicted octanol–water partition coefficient (Wildman–Crippen LogP) is 2.38. The van der Waals surface area contributed by atoms with E-state index in [0.717, 1.165) is 29.0 Å². The lowest BCUT2D eigenvalue weighted by Crippen LogP contribution is -2.14. The van der Waals surface area contributed by atoms with E-state index in [9.17, 15) is 0 Å². The minimum Gasteiger partial charge on any atom is -0.292 e. The van der Waals surface area contributed by atoms with Gasteiger partial charge < -0.3 is 0 Å². The van der Waals surface area contributed by atoms with Gasteiger partial charge in [-0.25, -0.2) is 0 Å². The Bertz CT molecular complexity index is 750. The second kappa shape index (κ2) is 5.06. The molecular weight excluding hydrogens is 262 g/mol. The number of aryl methyl sites for hydroxylation is 2. The zero-order valence-electron chi connectivity index (χ0n) is 12.4. The smallest absolute Gasteiger partial charge is 0.0991 e. The molecular formula is C16H17N5. The van der Waals surface area contributed by atoms with Gasteiger partial charge in [-0.3, -0.25) is 9.69 Å². The summed E-state index contributed by atoms with van der Waals surface area (Å²) in [7, 11) is 3.89. The van der Waals surface area contributed by atoms with Crippen LogP contribution in [0.3, 0.4) is 0 Å². The molecule has 21 heavy (non-hydrogen) atoms. The van der Waals surface area contributed by atoms with Crippen LogP contribution >= 0.6 is 0 Å². The van der Waals surface area contributed by atoms with Gasteiger partial charge >= 0.3 is 0 Å². The van der Waals surface area contributed by atoms with Crippen molar-refractivity contribution < 1.29 is 0 Å². The van der Waals surface area contributed by atoms with Crippen molar-refractivity contribution in [3.63, 3.8) is 0 Å². The Morgan fingerprint density at radius 1 is 1.33 bits per heavy atom. The summed E-state index contributed by atoms with van der Waals surface area (Å²) in [5.74, 6) is 0. The third kappa shape index (κ3) is 2.40. The molecule has 106 valence electrons. The molecule has 1 aliphatic heterocycles. The van der Waals surface area contributed by atoms with E-state index in [0.29, 0.717) is 5.56 Å². The summed E-state index contributed by atoms with van der Waals surface area (Å²) in [5, 5.41) is 20.0. The van der Waals surface area contributed by atoms with Crippen molar-refractivity contribution in [1.29, 1.82) is 5.26 Å². The summed E-state index contributed by atoms with van der Waals surface area (Å²) in [4.78, 5) is 0. The number of hydrazone groups is 1. The molecule has 2 heterocycles. The molecule has 1 aromatic heterocycles. The Labute approximate surface area is 124 Å². The number of rotatable bonds is 2. The van der Waals surface area contributed by atoms with Gasteiger partial charge in [-0.1, -0.05) is 12.1 Å². The summed E-state index contributed by atoms with van der Waals surface area (Å²) in [5.41, 5.74) is 4.96. The molecule has 5 heteroatoms. The van der Waals surface area contributed by atoms with Gasteiger partial charge in [-0.2, -0.15) is 15.5 Å². The summed E-state index contributed by atoms with van der Waals surface area (Å²) in [6, 6.07) is 10.1. The molecule has 2 aromatic rings. The standard InChI is InChI=1S/C16H17N5/c1-11-14(10-20(2)18-11)15-8-16(21(3)19-15)13-6-4-5-12(7-13)9-17/h4-7,10,16H,8H2,1-3H3/t16-/m0/s1. The highest BCUT2D eigenvalue weighted by molar-refractivity contribution is 6.02. The molecule has 0 N–H and O–H groups in total. The van der Waals surface area contributed by atoms with Crippen LogP contribution in [0.15, 0.2) is 35.6 Å². The molecule has 1 aliphatic rings. The van der Waals surface area contributed by atoms with Crippen molar-refractivity contribution in [1.82, 2.24) is 14.8 Å². The maximum atomic E-state index is 9.04. The zero-order chi connectivity index (χ0) is 15.0.